The average molecular weight is 386 g/mol. The summed E-state index contributed by atoms with van der Waals surface area (Å²) in [6.07, 6.45) is 0. The summed E-state index contributed by atoms with van der Waals surface area (Å²) in [5, 5.41) is 8.75. The molecule has 0 saturated carbocycles. The van der Waals surface area contributed by atoms with Crippen molar-refractivity contribution in [1.82, 2.24) is 15.0 Å². The molecule has 138 valence electrons. The number of rotatable bonds is 7. The second-order valence-electron chi connectivity index (χ2n) is 8.11. The highest BCUT2D eigenvalue weighted by atomic mass is 28.4. The summed E-state index contributed by atoms with van der Waals surface area (Å²) in [4.78, 5) is 10.3. The van der Waals surface area contributed by atoms with Gasteiger partial charge in [-0.15, -0.1) is 5.10 Å². The van der Waals surface area contributed by atoms with Crippen molar-refractivity contribution in [3.8, 4) is 5.75 Å². The Kier molecular flexibility index (Phi) is 5.31. The van der Waals surface area contributed by atoms with Gasteiger partial charge < -0.3 is 9.53 Å². The van der Waals surface area contributed by atoms with E-state index in [1.54, 1.807) is 0 Å². The molecule has 0 fully saturated rings. The minimum atomic E-state index is -2.11. The lowest BCUT2D eigenvalue weighted by Crippen LogP contribution is -2.44. The van der Waals surface area contributed by atoms with Crippen molar-refractivity contribution in [2.24, 2.45) is 0 Å². The zero-order chi connectivity index (χ0) is 18.8. The first kappa shape index (κ1) is 18.8. The molecule has 2 aromatic carbocycles. The zero-order valence-corrected chi connectivity index (χ0v) is 17.9. The van der Waals surface area contributed by atoms with Gasteiger partial charge in [0.1, 0.15) is 19.3 Å². The molecule has 1 aromatic heterocycles. The molecule has 1 atom stereocenters. The summed E-state index contributed by atoms with van der Waals surface area (Å²) >= 11 is 0. The van der Waals surface area contributed by atoms with Crippen LogP contribution in [0.3, 0.4) is 0 Å². The van der Waals surface area contributed by atoms with Crippen molar-refractivity contribution >= 4 is 27.4 Å². The summed E-state index contributed by atoms with van der Waals surface area (Å²) in [5.74, 6) is 0.645. The normalized spacial score (nSPS) is 13.7. The minimum Gasteiger partial charge on any atom is -0.472 e. The van der Waals surface area contributed by atoms with Crippen LogP contribution in [-0.2, 0) is 0 Å². The Labute approximate surface area is 156 Å². The first-order valence-electron chi connectivity index (χ1n) is 9.00. The molecule has 0 saturated heterocycles. The predicted octanol–water partition coefficient (Wildman–Crippen LogP) is 4.45. The highest BCUT2D eigenvalue weighted by molar-refractivity contribution is 6.80. The lowest BCUT2D eigenvalue weighted by atomic mass is 10.3. The quantitative estimate of drug-likeness (QED) is 0.610. The number of benzene rings is 2. The average Bonchev–Trinajstić information content (AvgIpc) is 3.02. The summed E-state index contributed by atoms with van der Waals surface area (Å²) in [6.45, 7) is 8.60. The molecule has 0 aliphatic rings. The van der Waals surface area contributed by atoms with Gasteiger partial charge in [0.15, 0.2) is 14.2 Å². The lowest BCUT2D eigenvalue weighted by Gasteiger charge is -2.34. The molecule has 0 radical (unpaired) electrons. The maximum absolute atomic E-state index is 10.3. The third kappa shape index (κ3) is 4.41. The molecule has 5 nitrogen and oxygen atoms in total. The zero-order valence-electron chi connectivity index (χ0n) is 15.9. The van der Waals surface area contributed by atoms with Gasteiger partial charge in [-0.05, 0) is 43.4 Å². The predicted molar refractivity (Wildman–Crippen MR) is 110 cm³/mol. The first-order valence-corrected chi connectivity index (χ1v) is 15.4. The third-order valence-electron chi connectivity index (χ3n) is 4.64. The number of hydrogen-bond donors (Lipinski definition) is 1. The monoisotopic (exact) mass is 385 g/mol. The SMILES string of the molecule is C[Si](C)(O)CC[Si](C)(C)C(Oc1ccccc1)n1nnc2ccccc21. The van der Waals surface area contributed by atoms with E-state index >= 15 is 0 Å². The summed E-state index contributed by atoms with van der Waals surface area (Å²) < 4.78 is 8.38. The molecule has 3 rings (SSSR count). The van der Waals surface area contributed by atoms with Gasteiger partial charge in [-0.3, -0.25) is 0 Å². The van der Waals surface area contributed by atoms with E-state index in [1.807, 2.05) is 72.4 Å². The highest BCUT2D eigenvalue weighted by Crippen LogP contribution is 2.32. The fourth-order valence-corrected chi connectivity index (χ4v) is 9.56. The van der Waals surface area contributed by atoms with Gasteiger partial charge in [0.05, 0.1) is 5.52 Å². The maximum Gasteiger partial charge on any atom is 0.182 e. The van der Waals surface area contributed by atoms with Gasteiger partial charge in [0.25, 0.3) is 0 Å². The summed E-state index contributed by atoms with van der Waals surface area (Å²) in [6, 6.07) is 19.7. The first-order chi connectivity index (χ1) is 12.3. The van der Waals surface area contributed by atoms with E-state index in [9.17, 15) is 4.80 Å². The van der Waals surface area contributed by atoms with Gasteiger partial charge >= 0.3 is 0 Å². The van der Waals surface area contributed by atoms with Crippen LogP contribution >= 0.6 is 0 Å². The molecule has 0 spiro atoms. The Morgan fingerprint density at radius 2 is 1.62 bits per heavy atom. The summed E-state index contributed by atoms with van der Waals surface area (Å²) in [7, 11) is -4.04. The van der Waals surface area contributed by atoms with Crippen LogP contribution in [0.25, 0.3) is 11.0 Å². The van der Waals surface area contributed by atoms with Gasteiger partial charge in [-0.2, -0.15) is 0 Å². The van der Waals surface area contributed by atoms with Crippen LogP contribution in [0.4, 0.5) is 0 Å². The van der Waals surface area contributed by atoms with Crippen molar-refractivity contribution in [2.45, 2.75) is 44.1 Å². The Hall–Kier alpha value is -1.97. The van der Waals surface area contributed by atoms with Crippen LogP contribution in [0, 0.1) is 0 Å². The van der Waals surface area contributed by atoms with Gasteiger partial charge in [-0.25, -0.2) is 4.68 Å². The number of fused-ring (bicyclic) bond motifs is 1. The number of ether oxygens (including phenoxy) is 1. The lowest BCUT2D eigenvalue weighted by molar-refractivity contribution is 0.190. The Morgan fingerprint density at radius 3 is 2.31 bits per heavy atom. The van der Waals surface area contributed by atoms with Crippen molar-refractivity contribution < 1.29 is 9.53 Å². The molecule has 0 bridgehead atoms. The van der Waals surface area contributed by atoms with E-state index < -0.39 is 16.4 Å². The smallest absolute Gasteiger partial charge is 0.182 e. The fourth-order valence-electron chi connectivity index (χ4n) is 2.98. The summed E-state index contributed by atoms with van der Waals surface area (Å²) in [5.41, 5.74) is 1.85. The molecule has 1 N–H and O–H groups in total. The van der Waals surface area contributed by atoms with E-state index in [0.717, 1.165) is 28.9 Å². The van der Waals surface area contributed by atoms with Crippen molar-refractivity contribution in [3.05, 3.63) is 54.6 Å². The van der Waals surface area contributed by atoms with E-state index in [-0.39, 0.29) is 5.85 Å². The Bertz CT molecular complexity index is 860. The largest absolute Gasteiger partial charge is 0.472 e. The molecule has 1 unspecified atom stereocenters. The number of hydrogen-bond acceptors (Lipinski definition) is 4. The minimum absolute atomic E-state index is 0.186. The Balaban J connectivity index is 1.98. The second-order valence-corrected chi connectivity index (χ2v) is 17.2. The Morgan fingerprint density at radius 1 is 0.962 bits per heavy atom. The van der Waals surface area contributed by atoms with Crippen LogP contribution in [0.2, 0.25) is 38.3 Å². The van der Waals surface area contributed by atoms with Gasteiger partial charge in [0.2, 0.25) is 0 Å². The van der Waals surface area contributed by atoms with Crippen molar-refractivity contribution in [1.29, 1.82) is 0 Å². The van der Waals surface area contributed by atoms with Crippen LogP contribution < -0.4 is 4.74 Å². The topological polar surface area (TPSA) is 60.2 Å². The molecule has 7 heteroatoms. The molecular weight excluding hydrogens is 358 g/mol. The van der Waals surface area contributed by atoms with Crippen LogP contribution in [0.1, 0.15) is 5.85 Å². The fraction of sp³-hybridized carbons (Fsp3) is 0.368. The van der Waals surface area contributed by atoms with Crippen LogP contribution in [-0.4, -0.2) is 36.2 Å². The standard InChI is InChI=1S/C19H27N3O2Si2/c1-25(2,14-15-26(3,4)23)19(24-16-10-6-5-7-11-16)22-18-13-9-8-12-17(18)20-21-22/h5-13,19,23H,14-15H2,1-4H3. The molecule has 0 aliphatic heterocycles. The molecule has 1 heterocycles. The number of nitrogens with zero attached hydrogens (tertiary/aromatic N) is 3. The second kappa shape index (κ2) is 7.34. The molecule has 26 heavy (non-hydrogen) atoms. The maximum atomic E-state index is 10.3. The molecular formula is C19H27N3O2Si2. The van der Waals surface area contributed by atoms with Crippen LogP contribution in [0.5, 0.6) is 5.75 Å². The van der Waals surface area contributed by atoms with Gasteiger partial charge in [0, 0.05) is 0 Å². The van der Waals surface area contributed by atoms with E-state index in [4.69, 9.17) is 4.74 Å². The van der Waals surface area contributed by atoms with E-state index in [2.05, 4.69) is 23.4 Å². The molecule has 3 aromatic rings. The van der Waals surface area contributed by atoms with Gasteiger partial charge in [-0.1, -0.05) is 54.7 Å². The van der Waals surface area contributed by atoms with E-state index in [0.29, 0.717) is 0 Å². The van der Waals surface area contributed by atoms with E-state index in [1.165, 1.54) is 0 Å². The third-order valence-corrected chi connectivity index (χ3v) is 9.85. The highest BCUT2D eigenvalue weighted by Gasteiger charge is 2.38. The molecule has 0 aliphatic carbocycles. The van der Waals surface area contributed by atoms with Crippen molar-refractivity contribution in [2.75, 3.05) is 0 Å². The number of para-hydroxylation sites is 2. The van der Waals surface area contributed by atoms with Crippen LogP contribution in [0.15, 0.2) is 54.6 Å². The van der Waals surface area contributed by atoms with Crippen molar-refractivity contribution in [3.63, 3.8) is 0 Å². The molecule has 0 amide bonds. The number of aromatic nitrogens is 3.